The number of hydrogen-bond donors (Lipinski definition) is 1. The molecule has 2 aromatic carbocycles. The second-order valence-corrected chi connectivity index (χ2v) is 11.0. The Morgan fingerprint density at radius 2 is 1.86 bits per heavy atom. The van der Waals surface area contributed by atoms with Crippen LogP contribution in [0.1, 0.15) is 30.1 Å². The Morgan fingerprint density at radius 3 is 2.52 bits per heavy atom. The zero-order valence-corrected chi connectivity index (χ0v) is 19.0. The van der Waals surface area contributed by atoms with Crippen LogP contribution in [-0.2, 0) is 10.0 Å². The van der Waals surface area contributed by atoms with Gasteiger partial charge in [-0.05, 0) is 71.1 Å². The number of piperidine rings is 1. The SMILES string of the molecule is CC1CCN(S(=O)(=O)c2ccc(C(=O)Nc3nc4c(Br)cccc4s3)cc2)CC1. The van der Waals surface area contributed by atoms with Crippen LogP contribution in [0.5, 0.6) is 0 Å². The third kappa shape index (κ3) is 4.23. The van der Waals surface area contributed by atoms with Crippen molar-refractivity contribution in [3.8, 4) is 0 Å². The number of nitrogens with zero attached hydrogens (tertiary/aromatic N) is 2. The minimum atomic E-state index is -3.52. The quantitative estimate of drug-likeness (QED) is 0.569. The van der Waals surface area contributed by atoms with Crippen LogP contribution < -0.4 is 5.32 Å². The summed E-state index contributed by atoms with van der Waals surface area (Å²) in [6.45, 7) is 3.22. The third-order valence-electron chi connectivity index (χ3n) is 5.09. The van der Waals surface area contributed by atoms with Gasteiger partial charge in [0.1, 0.15) is 0 Å². The fourth-order valence-corrected chi connectivity index (χ4v) is 6.23. The summed E-state index contributed by atoms with van der Waals surface area (Å²) < 4.78 is 29.0. The van der Waals surface area contributed by atoms with E-state index < -0.39 is 10.0 Å². The first-order valence-electron chi connectivity index (χ1n) is 9.31. The van der Waals surface area contributed by atoms with Crippen LogP contribution in [0, 0.1) is 5.92 Å². The van der Waals surface area contributed by atoms with Crippen molar-refractivity contribution in [2.24, 2.45) is 5.92 Å². The summed E-state index contributed by atoms with van der Waals surface area (Å²) in [5.41, 5.74) is 1.18. The summed E-state index contributed by atoms with van der Waals surface area (Å²) in [5, 5.41) is 3.29. The average Bonchev–Trinajstić information content (AvgIpc) is 3.12. The van der Waals surface area contributed by atoms with Crippen LogP contribution >= 0.6 is 27.3 Å². The molecular weight excluding hydrogens is 474 g/mol. The maximum absolute atomic E-state index is 12.8. The Kier molecular flexibility index (Phi) is 5.74. The number of thiazole rings is 1. The summed E-state index contributed by atoms with van der Waals surface area (Å²) in [6, 6.07) is 11.8. The number of hydrogen-bond acceptors (Lipinski definition) is 5. The molecule has 1 fully saturated rings. The van der Waals surface area contributed by atoms with Gasteiger partial charge in [-0.2, -0.15) is 4.31 Å². The van der Waals surface area contributed by atoms with Gasteiger partial charge in [-0.25, -0.2) is 13.4 Å². The van der Waals surface area contributed by atoms with Crippen LogP contribution in [0.3, 0.4) is 0 Å². The predicted octanol–water partition coefficient (Wildman–Crippen LogP) is 4.73. The molecule has 1 aliphatic rings. The number of fused-ring (bicyclic) bond motifs is 1. The van der Waals surface area contributed by atoms with E-state index in [-0.39, 0.29) is 10.8 Å². The monoisotopic (exact) mass is 493 g/mol. The van der Waals surface area contributed by atoms with E-state index in [1.807, 2.05) is 18.2 Å². The number of benzene rings is 2. The molecule has 0 unspecified atom stereocenters. The van der Waals surface area contributed by atoms with Gasteiger partial charge in [0.15, 0.2) is 5.13 Å². The molecule has 0 aliphatic carbocycles. The standard InChI is InChI=1S/C20H20BrN3O3S2/c1-13-9-11-24(12-10-13)29(26,27)15-7-5-14(6-8-15)19(25)23-20-22-18-16(21)3-2-4-17(18)28-20/h2-8,13H,9-12H2,1H3,(H,22,23,25). The van der Waals surface area contributed by atoms with E-state index in [4.69, 9.17) is 0 Å². The molecule has 1 aromatic heterocycles. The van der Waals surface area contributed by atoms with Crippen LogP contribution in [0.25, 0.3) is 10.2 Å². The highest BCUT2D eigenvalue weighted by Gasteiger charge is 2.28. The third-order valence-corrected chi connectivity index (χ3v) is 8.58. The van der Waals surface area contributed by atoms with Gasteiger partial charge < -0.3 is 0 Å². The van der Waals surface area contributed by atoms with Gasteiger partial charge in [-0.15, -0.1) is 0 Å². The van der Waals surface area contributed by atoms with Crippen molar-refractivity contribution >= 4 is 58.5 Å². The lowest BCUT2D eigenvalue weighted by atomic mass is 10.0. The molecule has 3 aromatic rings. The lowest BCUT2D eigenvalue weighted by Crippen LogP contribution is -2.37. The first-order valence-corrected chi connectivity index (χ1v) is 12.4. The number of carbonyl (C=O) groups excluding carboxylic acids is 1. The molecule has 1 aliphatic heterocycles. The van der Waals surface area contributed by atoms with E-state index in [0.29, 0.717) is 29.7 Å². The minimum Gasteiger partial charge on any atom is -0.298 e. The van der Waals surface area contributed by atoms with Gasteiger partial charge >= 0.3 is 0 Å². The van der Waals surface area contributed by atoms with E-state index >= 15 is 0 Å². The van der Waals surface area contributed by atoms with Gasteiger partial charge in [-0.1, -0.05) is 24.3 Å². The fraction of sp³-hybridized carbons (Fsp3) is 0.300. The van der Waals surface area contributed by atoms with Gasteiger partial charge in [0, 0.05) is 23.1 Å². The van der Waals surface area contributed by atoms with Gasteiger partial charge in [-0.3, -0.25) is 10.1 Å². The van der Waals surface area contributed by atoms with E-state index in [1.54, 1.807) is 0 Å². The Hall–Kier alpha value is -1.81. The van der Waals surface area contributed by atoms with E-state index in [0.717, 1.165) is 27.5 Å². The molecule has 0 radical (unpaired) electrons. The number of aromatic nitrogens is 1. The molecule has 0 atom stereocenters. The maximum Gasteiger partial charge on any atom is 0.257 e. The molecule has 2 heterocycles. The zero-order chi connectivity index (χ0) is 20.6. The van der Waals surface area contributed by atoms with Crippen molar-refractivity contribution in [3.63, 3.8) is 0 Å². The van der Waals surface area contributed by atoms with Crippen LogP contribution in [-0.4, -0.2) is 36.7 Å². The molecule has 6 nitrogen and oxygen atoms in total. The molecule has 9 heteroatoms. The number of rotatable bonds is 4. The van der Waals surface area contributed by atoms with E-state index in [1.165, 1.54) is 39.9 Å². The number of halogens is 1. The van der Waals surface area contributed by atoms with Crippen LogP contribution in [0.15, 0.2) is 51.8 Å². The Labute approximate surface area is 182 Å². The van der Waals surface area contributed by atoms with Gasteiger partial charge in [0.05, 0.1) is 15.1 Å². The van der Waals surface area contributed by atoms with E-state index in [9.17, 15) is 13.2 Å². The summed E-state index contributed by atoms with van der Waals surface area (Å²) in [6.07, 6.45) is 1.75. The van der Waals surface area contributed by atoms with Crippen molar-refractivity contribution in [2.75, 3.05) is 18.4 Å². The molecule has 1 N–H and O–H groups in total. The normalized spacial score (nSPS) is 16.2. The minimum absolute atomic E-state index is 0.215. The fourth-order valence-electron chi connectivity index (χ4n) is 3.29. The molecule has 152 valence electrons. The zero-order valence-electron chi connectivity index (χ0n) is 15.8. The number of nitrogens with one attached hydrogen (secondary N) is 1. The van der Waals surface area contributed by atoms with Gasteiger partial charge in [0.25, 0.3) is 5.91 Å². The van der Waals surface area contributed by atoms with Crippen molar-refractivity contribution < 1.29 is 13.2 Å². The average molecular weight is 494 g/mol. The molecule has 29 heavy (non-hydrogen) atoms. The lowest BCUT2D eigenvalue weighted by Gasteiger charge is -2.29. The predicted molar refractivity (Wildman–Crippen MR) is 119 cm³/mol. The van der Waals surface area contributed by atoms with Crippen LogP contribution in [0.4, 0.5) is 5.13 Å². The number of para-hydroxylation sites is 1. The maximum atomic E-state index is 12.8. The topological polar surface area (TPSA) is 79.4 Å². The van der Waals surface area contributed by atoms with Gasteiger partial charge in [0.2, 0.25) is 10.0 Å². The van der Waals surface area contributed by atoms with Crippen LogP contribution in [0.2, 0.25) is 0 Å². The Bertz CT molecular complexity index is 1150. The first-order chi connectivity index (χ1) is 13.8. The van der Waals surface area contributed by atoms with E-state index in [2.05, 4.69) is 33.2 Å². The number of sulfonamides is 1. The highest BCUT2D eigenvalue weighted by Crippen LogP contribution is 2.31. The number of anilines is 1. The summed E-state index contributed by atoms with van der Waals surface area (Å²) in [4.78, 5) is 17.2. The van der Waals surface area contributed by atoms with Crippen molar-refractivity contribution in [1.29, 1.82) is 0 Å². The van der Waals surface area contributed by atoms with Crippen molar-refractivity contribution in [1.82, 2.24) is 9.29 Å². The number of carbonyl (C=O) groups is 1. The molecule has 1 amide bonds. The largest absolute Gasteiger partial charge is 0.298 e. The molecule has 0 saturated carbocycles. The highest BCUT2D eigenvalue weighted by molar-refractivity contribution is 9.10. The lowest BCUT2D eigenvalue weighted by molar-refractivity contribution is 0.102. The molecule has 1 saturated heterocycles. The second-order valence-electron chi connectivity index (χ2n) is 7.17. The summed E-state index contributed by atoms with van der Waals surface area (Å²) >= 11 is 4.84. The highest BCUT2D eigenvalue weighted by atomic mass is 79.9. The molecular formula is C20H20BrN3O3S2. The number of amides is 1. The first kappa shape index (κ1) is 20.5. The smallest absolute Gasteiger partial charge is 0.257 e. The Balaban J connectivity index is 1.49. The van der Waals surface area contributed by atoms with Crippen molar-refractivity contribution in [3.05, 3.63) is 52.5 Å². The molecule has 0 bridgehead atoms. The summed E-state index contributed by atoms with van der Waals surface area (Å²) in [5.74, 6) is 0.228. The summed E-state index contributed by atoms with van der Waals surface area (Å²) in [7, 11) is -3.52. The molecule has 0 spiro atoms. The molecule has 4 rings (SSSR count). The Morgan fingerprint density at radius 1 is 1.17 bits per heavy atom. The second kappa shape index (κ2) is 8.14. The van der Waals surface area contributed by atoms with Crippen molar-refractivity contribution in [2.45, 2.75) is 24.7 Å².